The Morgan fingerprint density at radius 3 is 2.47 bits per heavy atom. The molecule has 0 aromatic rings. The van der Waals surface area contributed by atoms with Crippen molar-refractivity contribution in [3.05, 3.63) is 0 Å². The van der Waals surface area contributed by atoms with Crippen LogP contribution in [0, 0.1) is 0 Å². The molecule has 0 aromatic carbocycles. The molecule has 4 nitrogen and oxygen atoms in total. The van der Waals surface area contributed by atoms with E-state index in [1.807, 2.05) is 0 Å². The van der Waals surface area contributed by atoms with Crippen molar-refractivity contribution < 1.29 is 14.6 Å². The van der Waals surface area contributed by atoms with Crippen molar-refractivity contribution in [2.75, 3.05) is 26.4 Å². The van der Waals surface area contributed by atoms with E-state index in [0.29, 0.717) is 0 Å². The maximum Gasteiger partial charge on any atom is 0.0708 e. The van der Waals surface area contributed by atoms with Gasteiger partial charge >= 0.3 is 0 Å². The molecule has 0 radical (unpaired) electrons. The van der Waals surface area contributed by atoms with Crippen molar-refractivity contribution in [2.45, 2.75) is 56.8 Å². The predicted molar refractivity (Wildman–Crippen MR) is 66.1 cm³/mol. The molecule has 100 valence electrons. The van der Waals surface area contributed by atoms with E-state index in [9.17, 15) is 5.11 Å². The zero-order valence-electron chi connectivity index (χ0n) is 11.0. The highest BCUT2D eigenvalue weighted by Gasteiger charge is 2.35. The third-order valence-corrected chi connectivity index (χ3v) is 4.01. The van der Waals surface area contributed by atoms with Gasteiger partial charge in [-0.1, -0.05) is 0 Å². The molecule has 0 aromatic heterocycles. The second-order valence-corrected chi connectivity index (χ2v) is 5.97. The normalized spacial score (nSPS) is 31.6. The van der Waals surface area contributed by atoms with Crippen molar-refractivity contribution in [3.8, 4) is 0 Å². The Labute approximate surface area is 104 Å². The lowest BCUT2D eigenvalue weighted by Gasteiger charge is -2.37. The van der Waals surface area contributed by atoms with Crippen molar-refractivity contribution >= 4 is 0 Å². The molecule has 1 atom stereocenters. The van der Waals surface area contributed by atoms with Crippen LogP contribution in [0.2, 0.25) is 0 Å². The summed E-state index contributed by atoms with van der Waals surface area (Å²) in [6.07, 6.45) is 4.29. The highest BCUT2D eigenvalue weighted by molar-refractivity contribution is 4.92. The van der Waals surface area contributed by atoms with Crippen LogP contribution < -0.4 is 5.32 Å². The summed E-state index contributed by atoms with van der Waals surface area (Å²) in [6, 6.07) is 0. The number of hydrogen-bond donors (Lipinski definition) is 2. The summed E-state index contributed by atoms with van der Waals surface area (Å²) in [7, 11) is 0. The molecule has 1 unspecified atom stereocenters. The average molecular weight is 243 g/mol. The first-order valence-electron chi connectivity index (χ1n) is 6.67. The first kappa shape index (κ1) is 13.3. The first-order chi connectivity index (χ1) is 8.05. The van der Waals surface area contributed by atoms with Crippen molar-refractivity contribution in [1.29, 1.82) is 0 Å². The van der Waals surface area contributed by atoms with Crippen LogP contribution in [-0.2, 0) is 9.47 Å². The Kier molecular flexibility index (Phi) is 4.08. The molecular formula is C13H25NO3. The third-order valence-electron chi connectivity index (χ3n) is 4.01. The summed E-state index contributed by atoms with van der Waals surface area (Å²) in [6.45, 7) is 6.79. The van der Waals surface area contributed by atoms with E-state index in [-0.39, 0.29) is 23.9 Å². The summed E-state index contributed by atoms with van der Waals surface area (Å²) < 4.78 is 11.3. The van der Waals surface area contributed by atoms with Gasteiger partial charge in [0.1, 0.15) is 0 Å². The molecule has 0 spiro atoms. The number of aliphatic hydroxyl groups is 1. The Morgan fingerprint density at radius 2 is 1.94 bits per heavy atom. The van der Waals surface area contributed by atoms with Gasteiger partial charge in [-0.15, -0.1) is 0 Å². The minimum atomic E-state index is -0.145. The van der Waals surface area contributed by atoms with E-state index in [1.54, 1.807) is 0 Å². The van der Waals surface area contributed by atoms with E-state index in [1.165, 1.54) is 0 Å². The predicted octanol–water partition coefficient (Wildman–Crippen LogP) is 1.08. The van der Waals surface area contributed by atoms with Gasteiger partial charge in [0.25, 0.3) is 0 Å². The van der Waals surface area contributed by atoms with Gasteiger partial charge in [0.05, 0.1) is 18.3 Å². The third kappa shape index (κ3) is 3.41. The fraction of sp³-hybridized carbons (Fsp3) is 1.00. The standard InChI is InChI=1S/C13H25NO3/c1-12(2)4-3-11(17-12)9-14-13(10-15)5-7-16-8-6-13/h11,14-15H,3-10H2,1-2H3. The topological polar surface area (TPSA) is 50.7 Å². The molecule has 17 heavy (non-hydrogen) atoms. The quantitative estimate of drug-likeness (QED) is 0.775. The van der Waals surface area contributed by atoms with Crippen LogP contribution in [0.1, 0.15) is 39.5 Å². The summed E-state index contributed by atoms with van der Waals surface area (Å²) in [5, 5.41) is 13.1. The maximum absolute atomic E-state index is 9.56. The van der Waals surface area contributed by atoms with Gasteiger partial charge in [-0.25, -0.2) is 0 Å². The monoisotopic (exact) mass is 243 g/mol. The lowest BCUT2D eigenvalue weighted by Crippen LogP contribution is -2.54. The number of hydrogen-bond acceptors (Lipinski definition) is 4. The first-order valence-corrected chi connectivity index (χ1v) is 6.67. The molecule has 2 aliphatic heterocycles. The van der Waals surface area contributed by atoms with E-state index < -0.39 is 0 Å². The molecule has 2 fully saturated rings. The van der Waals surface area contributed by atoms with E-state index in [2.05, 4.69) is 19.2 Å². The average Bonchev–Trinajstić information content (AvgIpc) is 2.68. The lowest BCUT2D eigenvalue weighted by atomic mass is 9.90. The number of nitrogens with one attached hydrogen (secondary N) is 1. The van der Waals surface area contributed by atoms with Gasteiger partial charge in [0.2, 0.25) is 0 Å². The van der Waals surface area contributed by atoms with Crippen molar-refractivity contribution in [2.24, 2.45) is 0 Å². The molecule has 0 aliphatic carbocycles. The van der Waals surface area contributed by atoms with Crippen LogP contribution in [-0.4, -0.2) is 48.7 Å². The van der Waals surface area contributed by atoms with Gasteiger partial charge in [0, 0.05) is 25.3 Å². The maximum atomic E-state index is 9.56. The Bertz CT molecular complexity index is 249. The largest absolute Gasteiger partial charge is 0.394 e. The number of aliphatic hydroxyl groups excluding tert-OH is 1. The fourth-order valence-corrected chi connectivity index (χ4v) is 2.70. The van der Waals surface area contributed by atoms with E-state index in [0.717, 1.165) is 45.4 Å². The van der Waals surface area contributed by atoms with Crippen LogP contribution >= 0.6 is 0 Å². The van der Waals surface area contributed by atoms with Gasteiger partial charge in [0.15, 0.2) is 0 Å². The second-order valence-electron chi connectivity index (χ2n) is 5.97. The van der Waals surface area contributed by atoms with Crippen LogP contribution in [0.25, 0.3) is 0 Å². The van der Waals surface area contributed by atoms with E-state index in [4.69, 9.17) is 9.47 Å². The molecule has 4 heteroatoms. The number of ether oxygens (including phenoxy) is 2. The SMILES string of the molecule is CC1(C)CCC(CNC2(CO)CCOCC2)O1. The minimum Gasteiger partial charge on any atom is -0.394 e. The minimum absolute atomic E-state index is 0.0222. The van der Waals surface area contributed by atoms with Gasteiger partial charge in [-0.2, -0.15) is 0 Å². The molecule has 0 amide bonds. The highest BCUT2D eigenvalue weighted by Crippen LogP contribution is 2.29. The Morgan fingerprint density at radius 1 is 1.24 bits per heavy atom. The molecule has 2 aliphatic rings. The smallest absolute Gasteiger partial charge is 0.0708 e. The molecule has 0 saturated carbocycles. The molecule has 2 heterocycles. The molecule has 2 N–H and O–H groups in total. The summed E-state index contributed by atoms with van der Waals surface area (Å²) in [5.41, 5.74) is -0.122. The second kappa shape index (κ2) is 5.22. The van der Waals surface area contributed by atoms with Crippen molar-refractivity contribution in [3.63, 3.8) is 0 Å². The van der Waals surface area contributed by atoms with Gasteiger partial charge < -0.3 is 19.9 Å². The van der Waals surface area contributed by atoms with Gasteiger partial charge in [-0.3, -0.25) is 0 Å². The highest BCUT2D eigenvalue weighted by atomic mass is 16.5. The molecule has 0 bridgehead atoms. The fourth-order valence-electron chi connectivity index (χ4n) is 2.70. The molecular weight excluding hydrogens is 218 g/mol. The summed E-state index contributed by atoms with van der Waals surface area (Å²) in [4.78, 5) is 0. The molecule has 2 saturated heterocycles. The van der Waals surface area contributed by atoms with Crippen LogP contribution in [0.5, 0.6) is 0 Å². The van der Waals surface area contributed by atoms with Crippen LogP contribution in [0.4, 0.5) is 0 Å². The summed E-state index contributed by atoms with van der Waals surface area (Å²) in [5.74, 6) is 0. The van der Waals surface area contributed by atoms with Crippen molar-refractivity contribution in [1.82, 2.24) is 5.32 Å². The van der Waals surface area contributed by atoms with E-state index >= 15 is 0 Å². The van der Waals surface area contributed by atoms with Gasteiger partial charge in [-0.05, 0) is 39.5 Å². The zero-order chi connectivity index (χ0) is 12.4. The Balaban J connectivity index is 1.80. The zero-order valence-corrected chi connectivity index (χ0v) is 11.0. The van der Waals surface area contributed by atoms with Crippen LogP contribution in [0.15, 0.2) is 0 Å². The summed E-state index contributed by atoms with van der Waals surface area (Å²) >= 11 is 0. The molecule has 2 rings (SSSR count). The number of rotatable bonds is 4. The Hall–Kier alpha value is -0.160. The van der Waals surface area contributed by atoms with Crippen LogP contribution in [0.3, 0.4) is 0 Å². The lowest BCUT2D eigenvalue weighted by molar-refractivity contribution is -0.0292.